The van der Waals surface area contributed by atoms with Gasteiger partial charge in [-0.1, -0.05) is 0 Å². The first-order valence-electron chi connectivity index (χ1n) is 4.68. The van der Waals surface area contributed by atoms with Crippen LogP contribution in [0.2, 0.25) is 0 Å². The van der Waals surface area contributed by atoms with Crippen LogP contribution in [0.4, 0.5) is 35.1 Å². The first-order chi connectivity index (χ1) is 8.40. The summed E-state index contributed by atoms with van der Waals surface area (Å²) in [6, 6.07) is 0. The van der Waals surface area contributed by atoms with Crippen LogP contribution in [0.5, 0.6) is 0 Å². The zero-order valence-corrected chi connectivity index (χ0v) is 9.10. The Kier molecular flexibility index (Phi) is 5.96. The van der Waals surface area contributed by atoms with Gasteiger partial charge in [0.25, 0.3) is 0 Å². The van der Waals surface area contributed by atoms with E-state index in [4.69, 9.17) is 10.2 Å². The predicted octanol–water partition coefficient (Wildman–Crippen LogP) is 1.53. The summed E-state index contributed by atoms with van der Waals surface area (Å²) in [5.41, 5.74) is 0. The lowest BCUT2D eigenvalue weighted by Gasteiger charge is -2.32. The average Bonchev–Trinajstić information content (AvgIpc) is 2.27. The molecule has 0 fully saturated rings. The Balaban J connectivity index is 4.78. The fourth-order valence-electron chi connectivity index (χ4n) is 0.847. The number of ether oxygens (including phenoxy) is 1. The summed E-state index contributed by atoms with van der Waals surface area (Å²) in [7, 11) is 0. The van der Waals surface area contributed by atoms with Crippen molar-refractivity contribution < 1.29 is 50.1 Å². The molecule has 0 saturated carbocycles. The fourth-order valence-corrected chi connectivity index (χ4v) is 0.847. The van der Waals surface area contributed by atoms with Crippen molar-refractivity contribution >= 4 is 0 Å². The average molecular weight is 306 g/mol. The molecular formula is C8H10F8O3. The van der Waals surface area contributed by atoms with Gasteiger partial charge in [0, 0.05) is 0 Å². The molecule has 0 aromatic heterocycles. The third kappa shape index (κ3) is 3.89. The number of hydrogen-bond acceptors (Lipinski definition) is 3. The van der Waals surface area contributed by atoms with Gasteiger partial charge in [-0.25, -0.2) is 8.78 Å². The van der Waals surface area contributed by atoms with Gasteiger partial charge in [0.15, 0.2) is 0 Å². The van der Waals surface area contributed by atoms with E-state index in [0.29, 0.717) is 0 Å². The van der Waals surface area contributed by atoms with E-state index in [2.05, 4.69) is 4.74 Å². The van der Waals surface area contributed by atoms with E-state index in [1.54, 1.807) is 0 Å². The molecule has 0 aliphatic rings. The number of alkyl halides is 8. The van der Waals surface area contributed by atoms with Crippen LogP contribution in [-0.4, -0.2) is 60.3 Å². The maximum Gasteiger partial charge on any atom is 0.380 e. The molecule has 0 saturated heterocycles. The third-order valence-corrected chi connectivity index (χ3v) is 1.96. The lowest BCUT2D eigenvalue weighted by atomic mass is 10.1. The molecule has 0 amide bonds. The second kappa shape index (κ2) is 6.18. The zero-order valence-electron chi connectivity index (χ0n) is 9.10. The van der Waals surface area contributed by atoms with Crippen molar-refractivity contribution in [1.82, 2.24) is 0 Å². The summed E-state index contributed by atoms with van der Waals surface area (Å²) in [5.74, 6) is -18.2. The summed E-state index contributed by atoms with van der Waals surface area (Å²) in [4.78, 5) is 0. The highest BCUT2D eigenvalue weighted by Gasteiger charge is 2.75. The van der Waals surface area contributed by atoms with E-state index < -0.39 is 50.1 Å². The molecule has 3 nitrogen and oxygen atoms in total. The van der Waals surface area contributed by atoms with Crippen molar-refractivity contribution in [3.05, 3.63) is 0 Å². The fraction of sp³-hybridized carbons (Fsp3) is 1.00. The summed E-state index contributed by atoms with van der Waals surface area (Å²) in [6.45, 7) is -4.32. The van der Waals surface area contributed by atoms with E-state index in [1.165, 1.54) is 0 Å². The highest BCUT2D eigenvalue weighted by molar-refractivity contribution is 4.97. The van der Waals surface area contributed by atoms with Crippen LogP contribution >= 0.6 is 0 Å². The Labute approximate surface area is 101 Å². The summed E-state index contributed by atoms with van der Waals surface area (Å²) in [5, 5.41) is 16.9. The van der Waals surface area contributed by atoms with Crippen LogP contribution in [0.15, 0.2) is 0 Å². The zero-order chi connectivity index (χ0) is 15.5. The Morgan fingerprint density at radius 2 is 1.47 bits per heavy atom. The largest absolute Gasteiger partial charge is 0.394 e. The van der Waals surface area contributed by atoms with Crippen LogP contribution in [0.25, 0.3) is 0 Å². The number of aliphatic hydroxyl groups is 2. The van der Waals surface area contributed by atoms with E-state index in [0.717, 1.165) is 0 Å². The van der Waals surface area contributed by atoms with Crippen molar-refractivity contribution in [2.24, 2.45) is 0 Å². The van der Waals surface area contributed by atoms with Crippen molar-refractivity contribution in [2.45, 2.75) is 30.3 Å². The molecule has 1 unspecified atom stereocenters. The van der Waals surface area contributed by atoms with Gasteiger partial charge in [-0.2, -0.15) is 26.3 Å². The Bertz CT molecular complexity index is 283. The molecule has 0 radical (unpaired) electrons. The van der Waals surface area contributed by atoms with Gasteiger partial charge in [-0.05, 0) is 0 Å². The molecule has 0 aliphatic heterocycles. The molecule has 0 spiro atoms. The van der Waals surface area contributed by atoms with E-state index in [1.807, 2.05) is 0 Å². The molecule has 11 heteroatoms. The van der Waals surface area contributed by atoms with Crippen LogP contribution in [0.3, 0.4) is 0 Å². The van der Waals surface area contributed by atoms with E-state index in [9.17, 15) is 35.1 Å². The lowest BCUT2D eigenvalue weighted by Crippen LogP contribution is -2.59. The standard InChI is InChI=1S/C8H10F8O3/c9-5(10)7(13,14)8(15,16)6(11,12)3-19-2-4(18)1-17/h4-5,17-18H,1-3H2. The van der Waals surface area contributed by atoms with Crippen LogP contribution in [0.1, 0.15) is 0 Å². The molecule has 2 N–H and O–H groups in total. The molecule has 0 aromatic rings. The molecule has 0 heterocycles. The first kappa shape index (κ1) is 18.3. The smallest absolute Gasteiger partial charge is 0.380 e. The predicted molar refractivity (Wildman–Crippen MR) is 44.8 cm³/mol. The van der Waals surface area contributed by atoms with E-state index >= 15 is 0 Å². The maximum atomic E-state index is 12.8. The van der Waals surface area contributed by atoms with Gasteiger partial charge < -0.3 is 14.9 Å². The van der Waals surface area contributed by atoms with Crippen LogP contribution in [0, 0.1) is 0 Å². The second-order valence-corrected chi connectivity index (χ2v) is 3.55. The maximum absolute atomic E-state index is 12.8. The SMILES string of the molecule is OCC(O)COCC(F)(F)C(F)(F)C(F)(F)C(F)F. The second-order valence-electron chi connectivity index (χ2n) is 3.55. The van der Waals surface area contributed by atoms with Crippen molar-refractivity contribution in [1.29, 1.82) is 0 Å². The summed E-state index contributed by atoms with van der Waals surface area (Å²) >= 11 is 0. The Morgan fingerprint density at radius 1 is 1.00 bits per heavy atom. The number of halogens is 8. The molecule has 0 aromatic carbocycles. The lowest BCUT2D eigenvalue weighted by molar-refractivity contribution is -0.346. The van der Waals surface area contributed by atoms with Crippen molar-refractivity contribution in [2.75, 3.05) is 19.8 Å². The van der Waals surface area contributed by atoms with Gasteiger partial charge in [0.2, 0.25) is 0 Å². The summed E-state index contributed by atoms with van der Waals surface area (Å²) < 4.78 is 103. The van der Waals surface area contributed by atoms with Crippen LogP contribution in [-0.2, 0) is 4.74 Å². The molecule has 19 heavy (non-hydrogen) atoms. The van der Waals surface area contributed by atoms with Crippen molar-refractivity contribution in [3.63, 3.8) is 0 Å². The Morgan fingerprint density at radius 3 is 1.84 bits per heavy atom. The van der Waals surface area contributed by atoms with Crippen LogP contribution < -0.4 is 0 Å². The van der Waals surface area contributed by atoms with Gasteiger partial charge in [0.1, 0.15) is 12.7 Å². The third-order valence-electron chi connectivity index (χ3n) is 1.96. The molecule has 0 rings (SSSR count). The van der Waals surface area contributed by atoms with E-state index in [-0.39, 0.29) is 0 Å². The highest BCUT2D eigenvalue weighted by Crippen LogP contribution is 2.48. The first-order valence-corrected chi connectivity index (χ1v) is 4.68. The van der Waals surface area contributed by atoms with Crippen molar-refractivity contribution in [3.8, 4) is 0 Å². The summed E-state index contributed by atoms with van der Waals surface area (Å²) in [6.07, 6.45) is -6.68. The molecular weight excluding hydrogens is 296 g/mol. The number of aliphatic hydroxyl groups excluding tert-OH is 2. The minimum Gasteiger partial charge on any atom is -0.394 e. The van der Waals surface area contributed by atoms with Gasteiger partial charge >= 0.3 is 24.2 Å². The minimum absolute atomic E-state index is 0.949. The molecule has 0 aliphatic carbocycles. The minimum atomic E-state index is -6.33. The Hall–Kier alpha value is -0.680. The highest BCUT2D eigenvalue weighted by atomic mass is 19.4. The number of hydrogen-bond donors (Lipinski definition) is 2. The van der Waals surface area contributed by atoms with Gasteiger partial charge in [-0.3, -0.25) is 0 Å². The monoisotopic (exact) mass is 306 g/mol. The number of rotatable bonds is 8. The van der Waals surface area contributed by atoms with Gasteiger partial charge in [-0.15, -0.1) is 0 Å². The molecule has 0 bridgehead atoms. The topological polar surface area (TPSA) is 49.7 Å². The molecule has 116 valence electrons. The van der Waals surface area contributed by atoms with Gasteiger partial charge in [0.05, 0.1) is 13.2 Å². The quantitative estimate of drug-likeness (QED) is 0.669. The molecule has 1 atom stereocenters. The normalized spacial score (nSPS) is 15.9.